The van der Waals surface area contributed by atoms with Crippen LogP contribution in [0.25, 0.3) is 0 Å². The zero-order chi connectivity index (χ0) is 17.8. The minimum absolute atomic E-state index is 0.0745. The summed E-state index contributed by atoms with van der Waals surface area (Å²) in [7, 11) is 0. The highest BCUT2D eigenvalue weighted by Gasteiger charge is 2.26. The Hall–Kier alpha value is -1.85. The van der Waals surface area contributed by atoms with Crippen LogP contribution >= 0.6 is 22.9 Å². The number of thiophene rings is 1. The van der Waals surface area contributed by atoms with Crippen molar-refractivity contribution >= 4 is 34.8 Å². The van der Waals surface area contributed by atoms with Crippen LogP contribution in [0.5, 0.6) is 0 Å². The van der Waals surface area contributed by atoms with Crippen LogP contribution in [0.2, 0.25) is 5.02 Å². The van der Waals surface area contributed by atoms with Crippen LogP contribution in [0.15, 0.2) is 30.3 Å². The standard InChI is InChI=1S/C19H20ClNO3S/c1-2-3-10-24-19(23)17-11-13-12-21(9-8-16(13)25-17)18(22)14-6-4-5-7-15(14)20/h4-7,11H,2-3,8-10,12H2,1H3. The van der Waals surface area contributed by atoms with Crippen molar-refractivity contribution < 1.29 is 14.3 Å². The molecule has 0 saturated heterocycles. The number of rotatable bonds is 5. The van der Waals surface area contributed by atoms with Gasteiger partial charge in [-0.25, -0.2) is 4.79 Å². The van der Waals surface area contributed by atoms with Crippen LogP contribution in [0.1, 0.15) is 50.2 Å². The lowest BCUT2D eigenvalue weighted by Crippen LogP contribution is -2.35. The molecule has 4 nitrogen and oxygen atoms in total. The number of carbonyl (C=O) groups is 2. The van der Waals surface area contributed by atoms with E-state index >= 15 is 0 Å². The van der Waals surface area contributed by atoms with E-state index in [1.165, 1.54) is 11.3 Å². The van der Waals surface area contributed by atoms with Crippen molar-refractivity contribution in [2.45, 2.75) is 32.7 Å². The van der Waals surface area contributed by atoms with Gasteiger partial charge in [-0.3, -0.25) is 4.79 Å². The first kappa shape index (κ1) is 18.0. The van der Waals surface area contributed by atoms with E-state index in [0.29, 0.717) is 35.2 Å². The van der Waals surface area contributed by atoms with Gasteiger partial charge in [0.15, 0.2) is 0 Å². The second-order valence-corrected chi connectivity index (χ2v) is 7.55. The van der Waals surface area contributed by atoms with Gasteiger partial charge in [-0.1, -0.05) is 37.1 Å². The largest absolute Gasteiger partial charge is 0.462 e. The smallest absolute Gasteiger partial charge is 0.348 e. The zero-order valence-corrected chi connectivity index (χ0v) is 15.7. The number of benzene rings is 1. The molecule has 2 heterocycles. The number of ether oxygens (including phenoxy) is 1. The first-order chi connectivity index (χ1) is 12.1. The molecule has 25 heavy (non-hydrogen) atoms. The predicted octanol–water partition coefficient (Wildman–Crippen LogP) is 4.56. The van der Waals surface area contributed by atoms with E-state index in [1.54, 1.807) is 17.0 Å². The number of carbonyl (C=O) groups excluding carboxylic acids is 2. The Morgan fingerprint density at radius 1 is 1.32 bits per heavy atom. The number of fused-ring (bicyclic) bond motifs is 1. The van der Waals surface area contributed by atoms with Crippen LogP contribution in [0, 0.1) is 0 Å². The van der Waals surface area contributed by atoms with Gasteiger partial charge in [0.1, 0.15) is 4.88 Å². The van der Waals surface area contributed by atoms with Gasteiger partial charge < -0.3 is 9.64 Å². The quantitative estimate of drug-likeness (QED) is 0.567. The van der Waals surface area contributed by atoms with Gasteiger partial charge in [-0.2, -0.15) is 0 Å². The van der Waals surface area contributed by atoms with E-state index in [2.05, 4.69) is 6.92 Å². The van der Waals surface area contributed by atoms with Crippen molar-refractivity contribution in [2.24, 2.45) is 0 Å². The molecular formula is C19H20ClNO3S. The molecule has 6 heteroatoms. The molecule has 0 fully saturated rings. The molecule has 1 aromatic heterocycles. The number of unbranched alkanes of at least 4 members (excludes halogenated alkanes) is 1. The molecule has 2 aromatic rings. The summed E-state index contributed by atoms with van der Waals surface area (Å²) in [5, 5.41) is 0.462. The summed E-state index contributed by atoms with van der Waals surface area (Å²) < 4.78 is 5.28. The highest BCUT2D eigenvalue weighted by molar-refractivity contribution is 7.14. The maximum absolute atomic E-state index is 12.7. The van der Waals surface area contributed by atoms with Crippen molar-refractivity contribution in [3.05, 3.63) is 56.2 Å². The van der Waals surface area contributed by atoms with Gasteiger partial charge in [0.2, 0.25) is 0 Å². The fraction of sp³-hybridized carbons (Fsp3) is 0.368. The van der Waals surface area contributed by atoms with Gasteiger partial charge in [0.25, 0.3) is 5.91 Å². The van der Waals surface area contributed by atoms with E-state index in [1.807, 2.05) is 18.2 Å². The van der Waals surface area contributed by atoms with Crippen LogP contribution in [0.3, 0.4) is 0 Å². The predicted molar refractivity (Wildman–Crippen MR) is 99.4 cm³/mol. The number of esters is 1. The molecule has 0 radical (unpaired) electrons. The molecule has 0 saturated carbocycles. The molecule has 0 atom stereocenters. The van der Waals surface area contributed by atoms with Gasteiger partial charge in [0, 0.05) is 18.0 Å². The summed E-state index contributed by atoms with van der Waals surface area (Å²) in [6.07, 6.45) is 2.61. The van der Waals surface area contributed by atoms with E-state index in [0.717, 1.165) is 29.7 Å². The lowest BCUT2D eigenvalue weighted by atomic mass is 10.1. The average Bonchev–Trinajstić information content (AvgIpc) is 3.05. The minimum Gasteiger partial charge on any atom is -0.462 e. The van der Waals surface area contributed by atoms with Crippen molar-refractivity contribution in [1.29, 1.82) is 0 Å². The molecule has 1 aliphatic rings. The first-order valence-corrected chi connectivity index (χ1v) is 9.62. The second kappa shape index (κ2) is 8.02. The molecule has 0 N–H and O–H groups in total. The molecule has 0 spiro atoms. The highest BCUT2D eigenvalue weighted by Crippen LogP contribution is 2.30. The Morgan fingerprint density at radius 3 is 2.88 bits per heavy atom. The van der Waals surface area contributed by atoms with E-state index in [-0.39, 0.29) is 11.9 Å². The van der Waals surface area contributed by atoms with Crippen LogP contribution in [-0.4, -0.2) is 29.9 Å². The third-order valence-corrected chi connectivity index (χ3v) is 5.74. The fourth-order valence-electron chi connectivity index (χ4n) is 2.79. The number of halogens is 1. The average molecular weight is 378 g/mol. The minimum atomic E-state index is -0.267. The maximum atomic E-state index is 12.7. The maximum Gasteiger partial charge on any atom is 0.348 e. The molecular weight excluding hydrogens is 358 g/mol. The number of amides is 1. The molecule has 1 amide bonds. The Labute approximate surface area is 156 Å². The SMILES string of the molecule is CCCCOC(=O)c1cc2c(s1)CCN(C(=O)c1ccccc1Cl)C2. The fourth-order valence-corrected chi connectivity index (χ4v) is 4.07. The number of hydrogen-bond acceptors (Lipinski definition) is 4. The van der Waals surface area contributed by atoms with E-state index in [4.69, 9.17) is 16.3 Å². The molecule has 0 bridgehead atoms. The highest BCUT2D eigenvalue weighted by atomic mass is 35.5. The lowest BCUT2D eigenvalue weighted by molar-refractivity contribution is 0.0505. The third-order valence-electron chi connectivity index (χ3n) is 4.19. The molecule has 3 rings (SSSR count). The molecule has 0 aliphatic carbocycles. The summed E-state index contributed by atoms with van der Waals surface area (Å²) in [6, 6.07) is 8.94. The summed E-state index contributed by atoms with van der Waals surface area (Å²) >= 11 is 7.61. The van der Waals surface area contributed by atoms with Crippen molar-refractivity contribution in [3.8, 4) is 0 Å². The Bertz CT molecular complexity index is 787. The van der Waals surface area contributed by atoms with E-state index < -0.39 is 0 Å². The summed E-state index contributed by atoms with van der Waals surface area (Å²) in [5.41, 5.74) is 1.54. The first-order valence-electron chi connectivity index (χ1n) is 8.42. The normalized spacial score (nSPS) is 13.4. The second-order valence-electron chi connectivity index (χ2n) is 6.01. The van der Waals surface area contributed by atoms with Gasteiger partial charge in [0.05, 0.1) is 17.2 Å². The summed E-state index contributed by atoms with van der Waals surface area (Å²) in [6.45, 7) is 3.64. The topological polar surface area (TPSA) is 46.6 Å². The molecule has 1 aliphatic heterocycles. The molecule has 132 valence electrons. The van der Waals surface area contributed by atoms with Gasteiger partial charge in [-0.15, -0.1) is 11.3 Å². The van der Waals surface area contributed by atoms with Gasteiger partial charge in [-0.05, 0) is 36.6 Å². The van der Waals surface area contributed by atoms with Crippen molar-refractivity contribution in [3.63, 3.8) is 0 Å². The molecule has 0 unspecified atom stereocenters. The summed E-state index contributed by atoms with van der Waals surface area (Å²) in [4.78, 5) is 28.4. The van der Waals surface area contributed by atoms with Crippen molar-refractivity contribution in [2.75, 3.05) is 13.2 Å². The lowest BCUT2D eigenvalue weighted by Gasteiger charge is -2.27. The molecule has 1 aromatic carbocycles. The van der Waals surface area contributed by atoms with Crippen LogP contribution < -0.4 is 0 Å². The van der Waals surface area contributed by atoms with Crippen molar-refractivity contribution in [1.82, 2.24) is 4.90 Å². The zero-order valence-electron chi connectivity index (χ0n) is 14.1. The Kier molecular flexibility index (Phi) is 5.76. The van der Waals surface area contributed by atoms with E-state index in [9.17, 15) is 9.59 Å². The Balaban J connectivity index is 1.70. The number of nitrogens with zero attached hydrogens (tertiary/aromatic N) is 1. The van der Waals surface area contributed by atoms with Gasteiger partial charge >= 0.3 is 5.97 Å². The van der Waals surface area contributed by atoms with Crippen LogP contribution in [0.4, 0.5) is 0 Å². The monoisotopic (exact) mass is 377 g/mol. The third kappa shape index (κ3) is 4.05. The number of hydrogen-bond donors (Lipinski definition) is 0. The Morgan fingerprint density at radius 2 is 2.12 bits per heavy atom. The van der Waals surface area contributed by atoms with Crippen LogP contribution in [-0.2, 0) is 17.7 Å². The summed E-state index contributed by atoms with van der Waals surface area (Å²) in [5.74, 6) is -0.341.